The molecule has 0 aliphatic rings. The van der Waals surface area contributed by atoms with Crippen LogP contribution in [0.1, 0.15) is 17.5 Å². The highest BCUT2D eigenvalue weighted by atomic mass is 35.5. The lowest BCUT2D eigenvalue weighted by Crippen LogP contribution is -2.06. The zero-order valence-corrected chi connectivity index (χ0v) is 11.2. The van der Waals surface area contributed by atoms with E-state index in [0.717, 1.165) is 5.56 Å². The Balaban J connectivity index is 1.91. The molecule has 0 spiro atoms. The maximum absolute atomic E-state index is 13.5. The van der Waals surface area contributed by atoms with Crippen LogP contribution < -0.4 is 0 Å². The summed E-state index contributed by atoms with van der Waals surface area (Å²) in [6, 6.07) is 14.2. The molecule has 1 nitrogen and oxygen atoms in total. The minimum absolute atomic E-state index is 0.0325. The maximum Gasteiger partial charge on any atom is 0.137 e. The van der Waals surface area contributed by atoms with Crippen molar-refractivity contribution in [3.05, 3.63) is 70.5 Å². The molecule has 19 heavy (non-hydrogen) atoms. The zero-order chi connectivity index (χ0) is 13.7. The van der Waals surface area contributed by atoms with Crippen molar-refractivity contribution in [2.45, 2.75) is 19.3 Å². The maximum atomic E-state index is 13.5. The van der Waals surface area contributed by atoms with Crippen molar-refractivity contribution in [1.29, 1.82) is 0 Å². The highest BCUT2D eigenvalue weighted by Crippen LogP contribution is 2.16. The molecule has 0 saturated heterocycles. The number of carbonyl (C=O) groups excluding carboxylic acids is 1. The summed E-state index contributed by atoms with van der Waals surface area (Å²) in [5.41, 5.74) is 1.52. The smallest absolute Gasteiger partial charge is 0.137 e. The van der Waals surface area contributed by atoms with Crippen LogP contribution in [-0.2, 0) is 17.6 Å². The average Bonchev–Trinajstić information content (AvgIpc) is 2.41. The van der Waals surface area contributed by atoms with Gasteiger partial charge in [-0.15, -0.1) is 0 Å². The number of hydrogen-bond acceptors (Lipinski definition) is 1. The standard InChI is InChI=1S/C16H14ClFO/c17-14-8-7-13(16(18)11-14)10-15(19)9-6-12-4-2-1-3-5-12/h1-5,7-8,11H,6,9-10H2. The first-order valence-corrected chi connectivity index (χ1v) is 6.52. The van der Waals surface area contributed by atoms with Gasteiger partial charge in [0, 0.05) is 17.9 Å². The van der Waals surface area contributed by atoms with Crippen LogP contribution in [0.25, 0.3) is 0 Å². The first kappa shape index (κ1) is 13.8. The fourth-order valence-corrected chi connectivity index (χ4v) is 2.05. The van der Waals surface area contributed by atoms with Crippen LogP contribution in [0.5, 0.6) is 0 Å². The molecule has 0 bridgehead atoms. The van der Waals surface area contributed by atoms with Gasteiger partial charge in [-0.1, -0.05) is 48.0 Å². The molecule has 0 fully saturated rings. The Kier molecular flexibility index (Phi) is 4.69. The summed E-state index contributed by atoms with van der Waals surface area (Å²) in [7, 11) is 0. The number of rotatable bonds is 5. The molecule has 0 atom stereocenters. The molecule has 0 amide bonds. The second-order valence-electron chi connectivity index (χ2n) is 4.44. The van der Waals surface area contributed by atoms with Crippen LogP contribution in [0, 0.1) is 5.82 Å². The predicted molar refractivity (Wildman–Crippen MR) is 74.9 cm³/mol. The zero-order valence-electron chi connectivity index (χ0n) is 10.4. The Hall–Kier alpha value is -1.67. The molecular weight excluding hydrogens is 263 g/mol. The minimum atomic E-state index is -0.416. The second kappa shape index (κ2) is 6.48. The number of halogens is 2. The van der Waals surface area contributed by atoms with Crippen LogP contribution in [0.15, 0.2) is 48.5 Å². The summed E-state index contributed by atoms with van der Waals surface area (Å²) in [6.07, 6.45) is 1.23. The predicted octanol–water partition coefficient (Wildman–Crippen LogP) is 4.22. The fraction of sp³-hybridized carbons (Fsp3) is 0.188. The number of ketones is 1. The van der Waals surface area contributed by atoms with Crippen LogP contribution in [-0.4, -0.2) is 5.78 Å². The molecule has 2 aromatic carbocycles. The number of aryl methyl sites for hydroxylation is 1. The van der Waals surface area contributed by atoms with Crippen LogP contribution in [0.2, 0.25) is 5.02 Å². The summed E-state index contributed by atoms with van der Waals surface area (Å²) in [6.45, 7) is 0. The summed E-state index contributed by atoms with van der Waals surface area (Å²) in [4.78, 5) is 11.8. The molecule has 0 aliphatic carbocycles. The van der Waals surface area contributed by atoms with Gasteiger partial charge in [0.15, 0.2) is 0 Å². The molecule has 0 saturated carbocycles. The Morgan fingerprint density at radius 2 is 1.84 bits per heavy atom. The fourth-order valence-electron chi connectivity index (χ4n) is 1.89. The van der Waals surface area contributed by atoms with Gasteiger partial charge in [-0.25, -0.2) is 4.39 Å². The van der Waals surface area contributed by atoms with Crippen LogP contribution in [0.4, 0.5) is 4.39 Å². The van der Waals surface area contributed by atoms with Crippen molar-refractivity contribution in [3.8, 4) is 0 Å². The van der Waals surface area contributed by atoms with E-state index >= 15 is 0 Å². The summed E-state index contributed by atoms with van der Waals surface area (Å²) >= 11 is 5.67. The lowest BCUT2D eigenvalue weighted by Gasteiger charge is -2.04. The van der Waals surface area contributed by atoms with Gasteiger partial charge in [0.05, 0.1) is 0 Å². The van der Waals surface area contributed by atoms with Gasteiger partial charge in [0.1, 0.15) is 11.6 Å². The molecule has 2 rings (SSSR count). The summed E-state index contributed by atoms with van der Waals surface area (Å²) in [5.74, 6) is -0.384. The highest BCUT2D eigenvalue weighted by molar-refractivity contribution is 6.30. The molecular formula is C16H14ClFO. The Morgan fingerprint density at radius 1 is 1.11 bits per heavy atom. The molecule has 3 heteroatoms. The van der Waals surface area contributed by atoms with Gasteiger partial charge in [-0.3, -0.25) is 4.79 Å². The SMILES string of the molecule is O=C(CCc1ccccc1)Cc1ccc(Cl)cc1F. The van der Waals surface area contributed by atoms with E-state index in [1.807, 2.05) is 30.3 Å². The number of Topliss-reactive ketones (excluding diaryl/α,β-unsaturated/α-hetero) is 1. The van der Waals surface area contributed by atoms with Gasteiger partial charge in [0.25, 0.3) is 0 Å². The molecule has 0 N–H and O–H groups in total. The van der Waals surface area contributed by atoms with Gasteiger partial charge in [0.2, 0.25) is 0 Å². The molecule has 0 unspecified atom stereocenters. The quantitative estimate of drug-likeness (QED) is 0.799. The topological polar surface area (TPSA) is 17.1 Å². The highest BCUT2D eigenvalue weighted by Gasteiger charge is 2.09. The molecule has 0 aromatic heterocycles. The Bertz CT molecular complexity index is 566. The van der Waals surface area contributed by atoms with E-state index in [1.54, 1.807) is 12.1 Å². The molecule has 98 valence electrons. The van der Waals surface area contributed by atoms with Crippen molar-refractivity contribution in [3.63, 3.8) is 0 Å². The van der Waals surface area contributed by atoms with Crippen LogP contribution >= 0.6 is 11.6 Å². The van der Waals surface area contributed by atoms with E-state index in [1.165, 1.54) is 6.07 Å². The van der Waals surface area contributed by atoms with Crippen LogP contribution in [0.3, 0.4) is 0 Å². The van der Waals surface area contributed by atoms with Crippen molar-refractivity contribution in [2.24, 2.45) is 0 Å². The van der Waals surface area contributed by atoms with E-state index in [0.29, 0.717) is 23.4 Å². The van der Waals surface area contributed by atoms with Crippen molar-refractivity contribution < 1.29 is 9.18 Å². The Labute approximate surface area is 117 Å². The average molecular weight is 277 g/mol. The van der Waals surface area contributed by atoms with Crippen molar-refractivity contribution in [1.82, 2.24) is 0 Å². The molecule has 0 aliphatic heterocycles. The third kappa shape index (κ3) is 4.18. The molecule has 0 heterocycles. The molecule has 0 radical (unpaired) electrons. The van der Waals surface area contributed by atoms with Crippen molar-refractivity contribution in [2.75, 3.05) is 0 Å². The van der Waals surface area contributed by atoms with Gasteiger partial charge in [-0.2, -0.15) is 0 Å². The third-order valence-corrected chi connectivity index (χ3v) is 3.17. The number of benzene rings is 2. The summed E-state index contributed by atoms with van der Waals surface area (Å²) < 4.78 is 13.5. The van der Waals surface area contributed by atoms with E-state index in [2.05, 4.69) is 0 Å². The third-order valence-electron chi connectivity index (χ3n) is 2.94. The lowest BCUT2D eigenvalue weighted by atomic mass is 10.0. The van der Waals surface area contributed by atoms with E-state index < -0.39 is 5.82 Å². The first-order valence-electron chi connectivity index (χ1n) is 6.15. The number of carbonyl (C=O) groups is 1. The first-order chi connectivity index (χ1) is 9.15. The minimum Gasteiger partial charge on any atom is -0.299 e. The Morgan fingerprint density at radius 3 is 2.53 bits per heavy atom. The van der Waals surface area contributed by atoms with Gasteiger partial charge in [-0.05, 0) is 29.7 Å². The van der Waals surface area contributed by atoms with Gasteiger partial charge < -0.3 is 0 Å². The van der Waals surface area contributed by atoms with E-state index in [4.69, 9.17) is 11.6 Å². The van der Waals surface area contributed by atoms with Crippen molar-refractivity contribution >= 4 is 17.4 Å². The summed E-state index contributed by atoms with van der Waals surface area (Å²) in [5, 5.41) is 0.345. The lowest BCUT2D eigenvalue weighted by molar-refractivity contribution is -0.118. The second-order valence-corrected chi connectivity index (χ2v) is 4.87. The molecule has 2 aromatic rings. The normalized spacial score (nSPS) is 10.4. The number of hydrogen-bond donors (Lipinski definition) is 0. The monoisotopic (exact) mass is 276 g/mol. The van der Waals surface area contributed by atoms with E-state index in [9.17, 15) is 9.18 Å². The van der Waals surface area contributed by atoms with Gasteiger partial charge >= 0.3 is 0 Å². The van der Waals surface area contributed by atoms with E-state index in [-0.39, 0.29) is 12.2 Å². The largest absolute Gasteiger partial charge is 0.299 e.